The zero-order valence-electron chi connectivity index (χ0n) is 18.9. The van der Waals surface area contributed by atoms with Crippen molar-refractivity contribution < 1.29 is 23.9 Å². The molecule has 1 unspecified atom stereocenters. The molecule has 6 heteroatoms. The van der Waals surface area contributed by atoms with Crippen LogP contribution in [0.1, 0.15) is 96.8 Å². The van der Waals surface area contributed by atoms with E-state index in [4.69, 9.17) is 0 Å². The molecule has 0 radical (unpaired) electrons. The Labute approximate surface area is 174 Å². The standard InChI is InChI=1S/C22H46NO4P/c1-5-6-7-8-9-10-11-12-13-14-15-16-17-18-19-20-22(24,28(25,26)27)21-23(2,3)4/h11-12,24H,5-10,13-21H2,1-4H3,(H-,25,26,27)/p+1/b12-11-. The third kappa shape index (κ3) is 14.8. The molecule has 0 spiro atoms. The molecule has 0 fully saturated rings. The van der Waals surface area contributed by atoms with E-state index in [1.165, 1.54) is 51.4 Å². The lowest BCUT2D eigenvalue weighted by molar-refractivity contribution is -0.875. The summed E-state index contributed by atoms with van der Waals surface area (Å²) in [6, 6.07) is 0. The average molecular weight is 421 g/mol. The molecule has 28 heavy (non-hydrogen) atoms. The van der Waals surface area contributed by atoms with E-state index >= 15 is 0 Å². The highest BCUT2D eigenvalue weighted by Crippen LogP contribution is 2.52. The Morgan fingerprint density at radius 2 is 1.21 bits per heavy atom. The summed E-state index contributed by atoms with van der Waals surface area (Å²) < 4.78 is 12.1. The summed E-state index contributed by atoms with van der Waals surface area (Å²) >= 11 is 0. The Balaban J connectivity index is 3.76. The van der Waals surface area contributed by atoms with Gasteiger partial charge < -0.3 is 19.4 Å². The van der Waals surface area contributed by atoms with E-state index < -0.39 is 12.9 Å². The van der Waals surface area contributed by atoms with Gasteiger partial charge in [0.05, 0.1) is 21.1 Å². The number of likely N-dealkylation sites (N-methyl/N-ethyl adjacent to an activating group) is 1. The van der Waals surface area contributed by atoms with Gasteiger partial charge in [-0.05, 0) is 38.5 Å². The molecule has 0 aliphatic carbocycles. The Morgan fingerprint density at radius 3 is 1.64 bits per heavy atom. The third-order valence-electron chi connectivity index (χ3n) is 5.11. The lowest BCUT2D eigenvalue weighted by atomic mass is 10.0. The number of rotatable bonds is 18. The molecule has 3 N–H and O–H groups in total. The van der Waals surface area contributed by atoms with Crippen LogP contribution in [0.2, 0.25) is 0 Å². The van der Waals surface area contributed by atoms with Gasteiger partial charge in [-0.3, -0.25) is 4.57 Å². The van der Waals surface area contributed by atoms with Crippen molar-refractivity contribution in [1.82, 2.24) is 0 Å². The number of unbranched alkanes of at least 4 members (excludes halogenated alkanes) is 11. The first-order valence-corrected chi connectivity index (χ1v) is 12.9. The molecule has 0 aliphatic heterocycles. The molecular formula is C22H47NO4P+. The Hall–Kier alpha value is -0.190. The van der Waals surface area contributed by atoms with Crippen LogP contribution in [0.5, 0.6) is 0 Å². The van der Waals surface area contributed by atoms with Gasteiger partial charge in [0.15, 0.2) is 0 Å². The van der Waals surface area contributed by atoms with Gasteiger partial charge in [0.2, 0.25) is 5.34 Å². The quantitative estimate of drug-likeness (QED) is 0.117. The van der Waals surface area contributed by atoms with Crippen molar-refractivity contribution in [3.63, 3.8) is 0 Å². The molecule has 0 rings (SSSR count). The maximum atomic E-state index is 11.7. The van der Waals surface area contributed by atoms with Crippen molar-refractivity contribution in [1.29, 1.82) is 0 Å². The zero-order chi connectivity index (χ0) is 21.5. The van der Waals surface area contributed by atoms with Gasteiger partial charge in [-0.2, -0.15) is 0 Å². The van der Waals surface area contributed by atoms with Crippen molar-refractivity contribution in [2.45, 2.75) is 102 Å². The van der Waals surface area contributed by atoms with Gasteiger partial charge >= 0.3 is 7.60 Å². The second kappa shape index (κ2) is 14.7. The molecule has 0 aliphatic rings. The Bertz CT molecular complexity index is 456. The van der Waals surface area contributed by atoms with Crippen molar-refractivity contribution in [3.05, 3.63) is 12.2 Å². The third-order valence-corrected chi connectivity index (χ3v) is 6.56. The van der Waals surface area contributed by atoms with Gasteiger partial charge in [-0.15, -0.1) is 0 Å². The maximum absolute atomic E-state index is 11.7. The summed E-state index contributed by atoms with van der Waals surface area (Å²) in [5.41, 5.74) is 0. The minimum atomic E-state index is -4.54. The molecule has 0 amide bonds. The number of nitrogens with zero attached hydrogens (tertiary/aromatic N) is 1. The molecular weight excluding hydrogens is 373 g/mol. The minimum absolute atomic E-state index is 0.0578. The second-order valence-electron chi connectivity index (χ2n) is 9.31. The first-order valence-electron chi connectivity index (χ1n) is 11.3. The Morgan fingerprint density at radius 1 is 0.786 bits per heavy atom. The summed E-state index contributed by atoms with van der Waals surface area (Å²) in [6.07, 6.45) is 20.0. The van der Waals surface area contributed by atoms with Crippen molar-refractivity contribution in [3.8, 4) is 0 Å². The monoisotopic (exact) mass is 420 g/mol. The van der Waals surface area contributed by atoms with E-state index in [1.807, 2.05) is 21.1 Å². The van der Waals surface area contributed by atoms with Gasteiger partial charge in [-0.25, -0.2) is 0 Å². The van der Waals surface area contributed by atoms with Crippen molar-refractivity contribution in [2.24, 2.45) is 0 Å². The summed E-state index contributed by atoms with van der Waals surface area (Å²) in [5, 5.41) is 8.59. The second-order valence-corrected chi connectivity index (χ2v) is 11.2. The predicted molar refractivity (Wildman–Crippen MR) is 119 cm³/mol. The summed E-state index contributed by atoms with van der Waals surface area (Å²) in [4.78, 5) is 19.1. The van der Waals surface area contributed by atoms with E-state index in [2.05, 4.69) is 19.1 Å². The summed E-state index contributed by atoms with van der Waals surface area (Å²) in [5.74, 6) is 0. The molecule has 0 saturated heterocycles. The highest BCUT2D eigenvalue weighted by atomic mass is 31.2. The van der Waals surface area contributed by atoms with Gasteiger partial charge in [0, 0.05) is 0 Å². The van der Waals surface area contributed by atoms with Crippen LogP contribution in [0, 0.1) is 0 Å². The van der Waals surface area contributed by atoms with E-state index in [9.17, 15) is 19.5 Å². The van der Waals surface area contributed by atoms with Crippen LogP contribution in [0.15, 0.2) is 12.2 Å². The smallest absolute Gasteiger partial charge is 0.362 e. The van der Waals surface area contributed by atoms with Gasteiger partial charge in [-0.1, -0.05) is 70.4 Å². The molecule has 0 aromatic carbocycles. The topological polar surface area (TPSA) is 77.8 Å². The fourth-order valence-electron chi connectivity index (χ4n) is 3.56. The number of aliphatic hydroxyl groups is 1. The average Bonchev–Trinajstić information content (AvgIpc) is 2.56. The molecule has 0 heterocycles. The molecule has 0 saturated carbocycles. The van der Waals surface area contributed by atoms with Gasteiger partial charge in [0.1, 0.15) is 6.54 Å². The normalized spacial score (nSPS) is 15.2. The summed E-state index contributed by atoms with van der Waals surface area (Å²) in [6.45, 7) is 2.30. The van der Waals surface area contributed by atoms with Crippen molar-refractivity contribution in [2.75, 3.05) is 27.7 Å². The SMILES string of the molecule is CCCCCCC/C=C\CCCCCCCCC(O)(C[N+](C)(C)C)P(=O)(O)O. The van der Waals surface area contributed by atoms with Crippen LogP contribution in [0.3, 0.4) is 0 Å². The molecule has 0 bridgehead atoms. The van der Waals surface area contributed by atoms with E-state index in [0.29, 0.717) is 10.9 Å². The fourth-order valence-corrected chi connectivity index (χ4v) is 4.61. The van der Waals surface area contributed by atoms with E-state index in [0.717, 1.165) is 25.7 Å². The first kappa shape index (κ1) is 27.8. The molecule has 168 valence electrons. The largest absolute Gasteiger partial charge is 0.373 e. The Kier molecular flexibility index (Phi) is 14.6. The fraction of sp³-hybridized carbons (Fsp3) is 0.909. The maximum Gasteiger partial charge on any atom is 0.362 e. The van der Waals surface area contributed by atoms with Gasteiger partial charge in [0.25, 0.3) is 0 Å². The number of allylic oxidation sites excluding steroid dienone is 2. The number of hydrogen-bond acceptors (Lipinski definition) is 2. The molecule has 1 atom stereocenters. The van der Waals surface area contributed by atoms with Crippen LogP contribution in [-0.2, 0) is 4.57 Å². The first-order chi connectivity index (χ1) is 13.0. The van der Waals surface area contributed by atoms with Crippen molar-refractivity contribution >= 4 is 7.60 Å². The van der Waals surface area contributed by atoms with Crippen LogP contribution >= 0.6 is 7.60 Å². The van der Waals surface area contributed by atoms with E-state index in [-0.39, 0.29) is 13.0 Å². The highest BCUT2D eigenvalue weighted by molar-refractivity contribution is 7.53. The van der Waals surface area contributed by atoms with Crippen LogP contribution in [-0.4, -0.2) is 52.4 Å². The van der Waals surface area contributed by atoms with E-state index in [1.54, 1.807) is 0 Å². The van der Waals surface area contributed by atoms with Crippen LogP contribution in [0.4, 0.5) is 0 Å². The number of quaternary nitrogens is 1. The lowest BCUT2D eigenvalue weighted by Crippen LogP contribution is -2.49. The highest BCUT2D eigenvalue weighted by Gasteiger charge is 2.48. The molecule has 0 aromatic rings. The minimum Gasteiger partial charge on any atom is -0.373 e. The summed E-state index contributed by atoms with van der Waals surface area (Å²) in [7, 11) is 0.965. The molecule has 5 nitrogen and oxygen atoms in total. The lowest BCUT2D eigenvalue weighted by Gasteiger charge is -2.35. The predicted octanol–water partition coefficient (Wildman–Crippen LogP) is 5.60. The van der Waals surface area contributed by atoms with Crippen LogP contribution < -0.4 is 0 Å². The molecule has 0 aromatic heterocycles. The zero-order valence-corrected chi connectivity index (χ0v) is 19.8. The number of hydrogen-bond donors (Lipinski definition) is 3. The van der Waals surface area contributed by atoms with Crippen LogP contribution in [0.25, 0.3) is 0 Å².